The topological polar surface area (TPSA) is 78.9 Å². The van der Waals surface area contributed by atoms with Crippen LogP contribution in [0.1, 0.15) is 123 Å². The number of hydrogen-bond donors (Lipinski definition) is 0. The SMILES string of the molecule is C=CC(=O)OC1(C(=O)OCCCCCCC)CCCCC1C(=O)OCCCCCCCCCC. The van der Waals surface area contributed by atoms with Crippen LogP contribution < -0.4 is 0 Å². The van der Waals surface area contributed by atoms with Crippen LogP contribution in [0.3, 0.4) is 0 Å². The molecule has 0 aromatic heterocycles. The molecule has 0 aromatic rings. The number of carbonyl (C=O) groups is 3. The molecular formula is C28H48O6. The molecule has 6 heteroatoms. The summed E-state index contributed by atoms with van der Waals surface area (Å²) < 4.78 is 16.7. The van der Waals surface area contributed by atoms with Crippen LogP contribution in [0, 0.1) is 5.92 Å². The van der Waals surface area contributed by atoms with Gasteiger partial charge in [0.15, 0.2) is 0 Å². The van der Waals surface area contributed by atoms with Crippen LogP contribution in [0.15, 0.2) is 12.7 Å². The first-order chi connectivity index (χ1) is 16.5. The van der Waals surface area contributed by atoms with Crippen molar-refractivity contribution >= 4 is 17.9 Å². The second-order valence-corrected chi connectivity index (χ2v) is 9.51. The smallest absolute Gasteiger partial charge is 0.351 e. The fourth-order valence-corrected chi connectivity index (χ4v) is 4.58. The third-order valence-corrected chi connectivity index (χ3v) is 6.66. The van der Waals surface area contributed by atoms with E-state index < -0.39 is 29.4 Å². The number of hydrogen-bond acceptors (Lipinski definition) is 6. The maximum Gasteiger partial charge on any atom is 0.351 e. The molecule has 1 aliphatic rings. The van der Waals surface area contributed by atoms with E-state index in [4.69, 9.17) is 14.2 Å². The lowest BCUT2D eigenvalue weighted by Crippen LogP contribution is -2.55. The number of rotatable bonds is 19. The monoisotopic (exact) mass is 480 g/mol. The van der Waals surface area contributed by atoms with Crippen LogP contribution in [-0.2, 0) is 28.6 Å². The average molecular weight is 481 g/mol. The molecule has 1 fully saturated rings. The maximum atomic E-state index is 13.2. The highest BCUT2D eigenvalue weighted by Gasteiger charge is 2.55. The first-order valence-corrected chi connectivity index (χ1v) is 13.7. The Labute approximate surface area is 207 Å². The van der Waals surface area contributed by atoms with E-state index in [-0.39, 0.29) is 13.0 Å². The van der Waals surface area contributed by atoms with Crippen molar-refractivity contribution in [1.29, 1.82) is 0 Å². The summed E-state index contributed by atoms with van der Waals surface area (Å²) >= 11 is 0. The second kappa shape index (κ2) is 18.5. The maximum absolute atomic E-state index is 13.2. The Balaban J connectivity index is 2.63. The van der Waals surface area contributed by atoms with Gasteiger partial charge in [0.25, 0.3) is 0 Å². The van der Waals surface area contributed by atoms with E-state index >= 15 is 0 Å². The minimum Gasteiger partial charge on any atom is -0.465 e. The van der Waals surface area contributed by atoms with Crippen molar-refractivity contribution in [3.63, 3.8) is 0 Å². The summed E-state index contributed by atoms with van der Waals surface area (Å²) in [5.74, 6) is -2.67. The standard InChI is InChI=1S/C28H48O6/c1-4-7-9-11-12-13-15-18-22-32-26(30)24-20-16-17-21-28(24,34-25(29)6-3)27(31)33-23-19-14-10-8-5-2/h6,24H,3-5,7-23H2,1-2H3. The van der Waals surface area contributed by atoms with Crippen molar-refractivity contribution in [2.45, 2.75) is 129 Å². The molecule has 0 aliphatic heterocycles. The highest BCUT2D eigenvalue weighted by atomic mass is 16.6. The van der Waals surface area contributed by atoms with Crippen LogP contribution in [0.5, 0.6) is 0 Å². The molecule has 34 heavy (non-hydrogen) atoms. The molecule has 6 nitrogen and oxygen atoms in total. The fourth-order valence-electron chi connectivity index (χ4n) is 4.58. The zero-order valence-electron chi connectivity index (χ0n) is 21.7. The zero-order chi connectivity index (χ0) is 25.1. The third kappa shape index (κ3) is 11.1. The van der Waals surface area contributed by atoms with Crippen molar-refractivity contribution < 1.29 is 28.6 Å². The van der Waals surface area contributed by atoms with Crippen molar-refractivity contribution in [2.75, 3.05) is 13.2 Å². The molecule has 0 saturated heterocycles. The summed E-state index contributed by atoms with van der Waals surface area (Å²) in [5, 5.41) is 0. The van der Waals surface area contributed by atoms with Crippen molar-refractivity contribution in [2.24, 2.45) is 5.92 Å². The van der Waals surface area contributed by atoms with E-state index in [1.54, 1.807) is 0 Å². The van der Waals surface area contributed by atoms with Crippen LogP contribution in [0.4, 0.5) is 0 Å². The molecule has 1 saturated carbocycles. The highest BCUT2D eigenvalue weighted by Crippen LogP contribution is 2.39. The van der Waals surface area contributed by atoms with Gasteiger partial charge in [-0.1, -0.05) is 97.5 Å². The van der Waals surface area contributed by atoms with E-state index in [0.717, 1.165) is 63.9 Å². The average Bonchev–Trinajstić information content (AvgIpc) is 2.84. The fraction of sp³-hybridized carbons (Fsp3) is 0.821. The number of esters is 3. The summed E-state index contributed by atoms with van der Waals surface area (Å²) in [6.45, 7) is 8.39. The largest absolute Gasteiger partial charge is 0.465 e. The molecule has 2 atom stereocenters. The van der Waals surface area contributed by atoms with E-state index in [1.807, 2.05) is 0 Å². The second-order valence-electron chi connectivity index (χ2n) is 9.51. The van der Waals surface area contributed by atoms with Crippen LogP contribution in [0.2, 0.25) is 0 Å². The summed E-state index contributed by atoms with van der Waals surface area (Å²) in [6, 6.07) is 0. The molecule has 0 amide bonds. The quantitative estimate of drug-likeness (QED) is 0.0871. The molecule has 0 spiro atoms. The molecule has 0 heterocycles. The molecule has 0 radical (unpaired) electrons. The van der Waals surface area contributed by atoms with Gasteiger partial charge in [-0.25, -0.2) is 9.59 Å². The van der Waals surface area contributed by atoms with E-state index in [1.165, 1.54) is 32.1 Å². The first kappa shape index (κ1) is 30.2. The Bertz CT molecular complexity index is 602. The lowest BCUT2D eigenvalue weighted by atomic mass is 9.75. The Morgan fingerprint density at radius 1 is 0.794 bits per heavy atom. The Morgan fingerprint density at radius 3 is 1.88 bits per heavy atom. The Hall–Kier alpha value is -1.85. The summed E-state index contributed by atoms with van der Waals surface area (Å²) in [4.78, 5) is 38.3. The normalized spacial score (nSPS) is 19.9. The molecule has 0 bridgehead atoms. The summed E-state index contributed by atoms with van der Waals surface area (Å²) in [6.07, 6.45) is 17.5. The lowest BCUT2D eigenvalue weighted by Gasteiger charge is -2.39. The molecule has 2 unspecified atom stereocenters. The molecular weight excluding hydrogens is 432 g/mol. The molecule has 0 N–H and O–H groups in total. The van der Waals surface area contributed by atoms with Gasteiger partial charge < -0.3 is 14.2 Å². The van der Waals surface area contributed by atoms with E-state index in [0.29, 0.717) is 19.4 Å². The Kier molecular flexibility index (Phi) is 16.4. The zero-order valence-corrected chi connectivity index (χ0v) is 21.7. The van der Waals surface area contributed by atoms with Crippen molar-refractivity contribution in [3.05, 3.63) is 12.7 Å². The van der Waals surface area contributed by atoms with Gasteiger partial charge >= 0.3 is 17.9 Å². The number of ether oxygens (including phenoxy) is 3. The van der Waals surface area contributed by atoms with Gasteiger partial charge in [0.2, 0.25) is 5.60 Å². The van der Waals surface area contributed by atoms with E-state index in [2.05, 4.69) is 20.4 Å². The minimum atomic E-state index is -1.62. The van der Waals surface area contributed by atoms with Gasteiger partial charge in [-0.05, 0) is 32.1 Å². The van der Waals surface area contributed by atoms with Crippen LogP contribution in [-0.4, -0.2) is 36.7 Å². The number of unbranched alkanes of at least 4 members (excludes halogenated alkanes) is 11. The van der Waals surface area contributed by atoms with Gasteiger partial charge in [-0.15, -0.1) is 0 Å². The van der Waals surface area contributed by atoms with Gasteiger partial charge in [0, 0.05) is 6.08 Å². The predicted molar refractivity (Wildman–Crippen MR) is 134 cm³/mol. The molecule has 1 rings (SSSR count). The van der Waals surface area contributed by atoms with Crippen molar-refractivity contribution in [3.8, 4) is 0 Å². The van der Waals surface area contributed by atoms with Gasteiger partial charge in [0.05, 0.1) is 13.2 Å². The minimum absolute atomic E-state index is 0.260. The first-order valence-electron chi connectivity index (χ1n) is 13.7. The van der Waals surface area contributed by atoms with Gasteiger partial charge in [-0.3, -0.25) is 4.79 Å². The van der Waals surface area contributed by atoms with E-state index in [9.17, 15) is 14.4 Å². The highest BCUT2D eigenvalue weighted by molar-refractivity contribution is 5.92. The molecule has 1 aliphatic carbocycles. The third-order valence-electron chi connectivity index (χ3n) is 6.66. The van der Waals surface area contributed by atoms with Gasteiger partial charge in [-0.2, -0.15) is 0 Å². The lowest BCUT2D eigenvalue weighted by molar-refractivity contribution is -0.198. The number of carbonyl (C=O) groups excluding carboxylic acids is 3. The predicted octanol–water partition coefficient (Wildman–Crippen LogP) is 6.84. The molecule has 196 valence electrons. The van der Waals surface area contributed by atoms with Gasteiger partial charge in [0.1, 0.15) is 5.92 Å². The molecule has 0 aromatic carbocycles. The Morgan fingerprint density at radius 2 is 1.32 bits per heavy atom. The van der Waals surface area contributed by atoms with Crippen molar-refractivity contribution in [1.82, 2.24) is 0 Å². The summed E-state index contributed by atoms with van der Waals surface area (Å²) in [5.41, 5.74) is -1.62. The van der Waals surface area contributed by atoms with Crippen LogP contribution in [0.25, 0.3) is 0 Å². The summed E-state index contributed by atoms with van der Waals surface area (Å²) in [7, 11) is 0. The van der Waals surface area contributed by atoms with Crippen LogP contribution >= 0.6 is 0 Å².